The molecular weight excluding hydrogens is 228 g/mol. The van der Waals surface area contributed by atoms with E-state index in [0.29, 0.717) is 18.9 Å². The smallest absolute Gasteiger partial charge is 0.248 e. The lowest BCUT2D eigenvalue weighted by atomic mass is 9.80. The van der Waals surface area contributed by atoms with Crippen LogP contribution in [0.2, 0.25) is 0 Å². The minimum atomic E-state index is -0.555. The number of carbonyl (C=O) groups excluding carboxylic acids is 2. The van der Waals surface area contributed by atoms with E-state index in [2.05, 4.69) is 5.32 Å². The first kappa shape index (κ1) is 12.0. The average Bonchev–Trinajstić information content (AvgIpc) is 3.18. The van der Waals surface area contributed by atoms with Crippen LogP contribution in [0, 0.1) is 5.92 Å². The Morgan fingerprint density at radius 3 is 2.56 bits per heavy atom. The number of rotatable bonds is 2. The average molecular weight is 250 g/mol. The van der Waals surface area contributed by atoms with Crippen LogP contribution >= 0.6 is 0 Å². The standard InChI is InChI=1S/C14H22N2O2/c17-12-6-9-16(10-11-4-5-11)13(18)14(15-12)7-2-1-3-8-14/h11H,1-10H2,(H,15,17). The molecule has 4 heteroatoms. The highest BCUT2D eigenvalue weighted by atomic mass is 16.2. The van der Waals surface area contributed by atoms with Gasteiger partial charge >= 0.3 is 0 Å². The number of nitrogens with zero attached hydrogens (tertiary/aromatic N) is 1. The van der Waals surface area contributed by atoms with Gasteiger partial charge < -0.3 is 10.2 Å². The highest BCUT2D eigenvalue weighted by molar-refractivity contribution is 5.93. The molecule has 0 atom stereocenters. The zero-order valence-electron chi connectivity index (χ0n) is 10.9. The number of hydrogen-bond donors (Lipinski definition) is 1. The topological polar surface area (TPSA) is 49.4 Å². The summed E-state index contributed by atoms with van der Waals surface area (Å²) in [6, 6.07) is 0. The highest BCUT2D eigenvalue weighted by Gasteiger charge is 2.45. The van der Waals surface area contributed by atoms with Crippen molar-refractivity contribution >= 4 is 11.8 Å². The van der Waals surface area contributed by atoms with Gasteiger partial charge in [0.15, 0.2) is 0 Å². The molecule has 0 bridgehead atoms. The normalized spacial score (nSPS) is 28.1. The van der Waals surface area contributed by atoms with Gasteiger partial charge in [0.05, 0.1) is 0 Å². The fraction of sp³-hybridized carbons (Fsp3) is 0.857. The summed E-state index contributed by atoms with van der Waals surface area (Å²) in [5.74, 6) is 0.950. The van der Waals surface area contributed by atoms with Gasteiger partial charge in [0.25, 0.3) is 0 Å². The van der Waals surface area contributed by atoms with Crippen molar-refractivity contribution in [1.82, 2.24) is 10.2 Å². The molecule has 1 heterocycles. The fourth-order valence-corrected chi connectivity index (χ4v) is 3.30. The summed E-state index contributed by atoms with van der Waals surface area (Å²) in [5, 5.41) is 3.04. The molecule has 2 amide bonds. The summed E-state index contributed by atoms with van der Waals surface area (Å²) >= 11 is 0. The third kappa shape index (κ3) is 2.25. The van der Waals surface area contributed by atoms with Crippen molar-refractivity contribution in [2.45, 2.75) is 56.9 Å². The summed E-state index contributed by atoms with van der Waals surface area (Å²) in [6.45, 7) is 1.48. The van der Waals surface area contributed by atoms with Gasteiger partial charge in [0.2, 0.25) is 11.8 Å². The molecule has 4 nitrogen and oxygen atoms in total. The molecule has 2 saturated carbocycles. The number of amides is 2. The zero-order valence-corrected chi connectivity index (χ0v) is 10.9. The Morgan fingerprint density at radius 2 is 1.89 bits per heavy atom. The second-order valence-corrected chi connectivity index (χ2v) is 6.14. The predicted molar refractivity (Wildman–Crippen MR) is 67.9 cm³/mol. The van der Waals surface area contributed by atoms with Crippen LogP contribution in [0.3, 0.4) is 0 Å². The van der Waals surface area contributed by atoms with Crippen molar-refractivity contribution in [3.8, 4) is 0 Å². The molecule has 0 aromatic heterocycles. The largest absolute Gasteiger partial charge is 0.342 e. The molecule has 1 aliphatic heterocycles. The van der Waals surface area contributed by atoms with Gasteiger partial charge in [-0.2, -0.15) is 0 Å². The van der Waals surface area contributed by atoms with E-state index in [4.69, 9.17) is 0 Å². The van der Waals surface area contributed by atoms with Crippen LogP contribution in [0.25, 0.3) is 0 Å². The fourth-order valence-electron chi connectivity index (χ4n) is 3.30. The third-order valence-corrected chi connectivity index (χ3v) is 4.57. The van der Waals surface area contributed by atoms with Crippen molar-refractivity contribution in [3.05, 3.63) is 0 Å². The quantitative estimate of drug-likeness (QED) is 0.806. The maximum Gasteiger partial charge on any atom is 0.248 e. The molecule has 3 rings (SSSR count). The third-order valence-electron chi connectivity index (χ3n) is 4.57. The van der Waals surface area contributed by atoms with Crippen molar-refractivity contribution in [2.24, 2.45) is 5.92 Å². The predicted octanol–water partition coefficient (Wildman–Crippen LogP) is 1.45. The molecule has 3 aliphatic rings. The van der Waals surface area contributed by atoms with Crippen molar-refractivity contribution in [2.75, 3.05) is 13.1 Å². The molecule has 3 fully saturated rings. The van der Waals surface area contributed by atoms with Crippen LogP contribution in [0.4, 0.5) is 0 Å². The lowest BCUT2D eigenvalue weighted by molar-refractivity contribution is -0.140. The first-order chi connectivity index (χ1) is 8.70. The molecule has 1 N–H and O–H groups in total. The Bertz CT molecular complexity index is 357. The molecule has 1 spiro atoms. The Balaban J connectivity index is 1.80. The summed E-state index contributed by atoms with van der Waals surface area (Å²) in [6.07, 6.45) is 7.94. The van der Waals surface area contributed by atoms with Crippen LogP contribution in [0.15, 0.2) is 0 Å². The van der Waals surface area contributed by atoms with E-state index in [9.17, 15) is 9.59 Å². The summed E-state index contributed by atoms with van der Waals surface area (Å²) in [7, 11) is 0. The Morgan fingerprint density at radius 1 is 1.17 bits per heavy atom. The van der Waals surface area contributed by atoms with Crippen LogP contribution in [-0.4, -0.2) is 35.3 Å². The van der Waals surface area contributed by atoms with Crippen molar-refractivity contribution in [3.63, 3.8) is 0 Å². The van der Waals surface area contributed by atoms with Gasteiger partial charge in [0, 0.05) is 19.5 Å². The highest BCUT2D eigenvalue weighted by Crippen LogP contribution is 2.34. The summed E-state index contributed by atoms with van der Waals surface area (Å²) < 4.78 is 0. The van der Waals surface area contributed by atoms with Gasteiger partial charge in [-0.25, -0.2) is 0 Å². The number of nitrogens with one attached hydrogen (secondary N) is 1. The number of carbonyl (C=O) groups is 2. The molecule has 0 unspecified atom stereocenters. The van der Waals surface area contributed by atoms with Gasteiger partial charge in [0.1, 0.15) is 5.54 Å². The van der Waals surface area contributed by atoms with E-state index in [1.54, 1.807) is 0 Å². The van der Waals surface area contributed by atoms with Gasteiger partial charge in [-0.3, -0.25) is 9.59 Å². The van der Waals surface area contributed by atoms with E-state index in [0.717, 1.165) is 32.2 Å². The SMILES string of the molecule is O=C1CCN(CC2CC2)C(=O)C2(CCCCC2)N1. The molecule has 0 aromatic carbocycles. The van der Waals surface area contributed by atoms with E-state index in [1.165, 1.54) is 19.3 Å². The summed E-state index contributed by atoms with van der Waals surface area (Å²) in [5.41, 5.74) is -0.555. The second-order valence-electron chi connectivity index (χ2n) is 6.14. The monoisotopic (exact) mass is 250 g/mol. The maximum absolute atomic E-state index is 12.7. The van der Waals surface area contributed by atoms with Crippen molar-refractivity contribution in [1.29, 1.82) is 0 Å². The van der Waals surface area contributed by atoms with Gasteiger partial charge in [-0.15, -0.1) is 0 Å². The van der Waals surface area contributed by atoms with Crippen LogP contribution < -0.4 is 5.32 Å². The van der Waals surface area contributed by atoms with Crippen LogP contribution in [0.5, 0.6) is 0 Å². The minimum absolute atomic E-state index is 0.0588. The maximum atomic E-state index is 12.7. The first-order valence-corrected chi connectivity index (χ1v) is 7.30. The van der Waals surface area contributed by atoms with E-state index >= 15 is 0 Å². The lowest BCUT2D eigenvalue weighted by Gasteiger charge is -2.38. The molecule has 0 aromatic rings. The molecule has 0 radical (unpaired) electrons. The second kappa shape index (κ2) is 4.56. The Labute approximate surface area is 108 Å². The molecule has 100 valence electrons. The molecular formula is C14H22N2O2. The molecule has 2 aliphatic carbocycles. The lowest BCUT2D eigenvalue weighted by Crippen LogP contribution is -2.58. The minimum Gasteiger partial charge on any atom is -0.342 e. The van der Waals surface area contributed by atoms with E-state index in [-0.39, 0.29) is 11.8 Å². The Hall–Kier alpha value is -1.06. The summed E-state index contributed by atoms with van der Waals surface area (Å²) in [4.78, 5) is 26.6. The van der Waals surface area contributed by atoms with Gasteiger partial charge in [-0.1, -0.05) is 19.3 Å². The van der Waals surface area contributed by atoms with Crippen LogP contribution in [0.1, 0.15) is 51.4 Å². The Kier molecular flexibility index (Phi) is 3.04. The van der Waals surface area contributed by atoms with Gasteiger partial charge in [-0.05, 0) is 31.6 Å². The molecule has 1 saturated heterocycles. The molecule has 18 heavy (non-hydrogen) atoms. The van der Waals surface area contributed by atoms with E-state index in [1.807, 2.05) is 4.90 Å². The first-order valence-electron chi connectivity index (χ1n) is 7.30. The zero-order chi connectivity index (χ0) is 12.6. The van der Waals surface area contributed by atoms with E-state index < -0.39 is 5.54 Å². The van der Waals surface area contributed by atoms with Crippen molar-refractivity contribution < 1.29 is 9.59 Å². The van der Waals surface area contributed by atoms with Crippen LogP contribution in [-0.2, 0) is 9.59 Å². The number of hydrogen-bond acceptors (Lipinski definition) is 2.